The second kappa shape index (κ2) is 7.25. The van der Waals surface area contributed by atoms with Gasteiger partial charge in [-0.15, -0.1) is 0 Å². The van der Waals surface area contributed by atoms with Crippen LogP contribution in [0, 0.1) is 11.3 Å². The van der Waals surface area contributed by atoms with Crippen LogP contribution in [0.25, 0.3) is 5.52 Å². The number of rotatable bonds is 6. The summed E-state index contributed by atoms with van der Waals surface area (Å²) in [6.45, 7) is -0.0557. The Labute approximate surface area is 150 Å². The monoisotopic (exact) mass is 369 g/mol. The molecule has 3 aromatic rings. The summed E-state index contributed by atoms with van der Waals surface area (Å²) < 4.78 is 28.4. The normalized spacial score (nSPS) is 11.0. The maximum absolute atomic E-state index is 12.2. The van der Waals surface area contributed by atoms with E-state index in [0.717, 1.165) is 5.52 Å². The second-order valence-corrected chi connectivity index (χ2v) is 7.33. The van der Waals surface area contributed by atoms with Gasteiger partial charge in [0, 0.05) is 24.5 Å². The van der Waals surface area contributed by atoms with Gasteiger partial charge in [-0.05, 0) is 36.4 Å². The summed E-state index contributed by atoms with van der Waals surface area (Å²) in [5, 5.41) is 15.4. The third-order valence-electron chi connectivity index (χ3n) is 3.58. The molecule has 3 rings (SSSR count). The van der Waals surface area contributed by atoms with Crippen molar-refractivity contribution in [2.45, 2.75) is 0 Å². The molecule has 0 aliphatic rings. The van der Waals surface area contributed by atoms with E-state index < -0.39 is 15.9 Å². The molecule has 0 radical (unpaired) electrons. The van der Waals surface area contributed by atoms with Gasteiger partial charge in [0.15, 0.2) is 0 Å². The van der Waals surface area contributed by atoms with Crippen LogP contribution < -0.4 is 10.0 Å². The van der Waals surface area contributed by atoms with Gasteiger partial charge >= 0.3 is 0 Å². The number of sulfonamides is 1. The minimum Gasteiger partial charge on any atom is -0.351 e. The van der Waals surface area contributed by atoms with Crippen LogP contribution in [0.2, 0.25) is 0 Å². The molecule has 1 aromatic carbocycles. The van der Waals surface area contributed by atoms with Gasteiger partial charge in [0.05, 0.1) is 28.6 Å². The maximum atomic E-state index is 12.2. The van der Waals surface area contributed by atoms with Crippen LogP contribution >= 0.6 is 0 Å². The lowest BCUT2D eigenvalue weighted by molar-refractivity contribution is 0.0956. The van der Waals surface area contributed by atoms with Crippen molar-refractivity contribution in [3.8, 4) is 6.07 Å². The first-order valence-corrected chi connectivity index (χ1v) is 9.34. The Morgan fingerprint density at radius 3 is 2.88 bits per heavy atom. The number of nitrogens with one attached hydrogen (secondary N) is 2. The Kier molecular flexibility index (Phi) is 4.86. The van der Waals surface area contributed by atoms with E-state index in [4.69, 9.17) is 5.26 Å². The minimum atomic E-state index is -3.62. The molecule has 0 unspecified atom stereocenters. The topological polar surface area (TPSA) is 116 Å². The van der Waals surface area contributed by atoms with Gasteiger partial charge in [0.25, 0.3) is 5.91 Å². The summed E-state index contributed by atoms with van der Waals surface area (Å²) in [7, 11) is -3.62. The average molecular weight is 369 g/mol. The average Bonchev–Trinajstić information content (AvgIpc) is 3.09. The Hall–Kier alpha value is -3.38. The molecule has 2 heterocycles. The fraction of sp³-hybridized carbons (Fsp3) is 0.118. The predicted octanol–water partition coefficient (Wildman–Crippen LogP) is 1.38. The van der Waals surface area contributed by atoms with Crippen molar-refractivity contribution in [2.75, 3.05) is 17.0 Å². The molecule has 132 valence electrons. The van der Waals surface area contributed by atoms with E-state index in [0.29, 0.717) is 16.8 Å². The van der Waals surface area contributed by atoms with Crippen molar-refractivity contribution >= 4 is 27.1 Å². The van der Waals surface area contributed by atoms with Gasteiger partial charge in [-0.2, -0.15) is 10.4 Å². The van der Waals surface area contributed by atoms with Gasteiger partial charge < -0.3 is 5.32 Å². The van der Waals surface area contributed by atoms with Crippen LogP contribution in [0.15, 0.2) is 54.9 Å². The van der Waals surface area contributed by atoms with E-state index in [1.807, 2.05) is 6.07 Å². The van der Waals surface area contributed by atoms with E-state index in [2.05, 4.69) is 15.1 Å². The Balaban J connectivity index is 1.57. The molecule has 9 heteroatoms. The number of carbonyl (C=O) groups excluding carboxylic acids is 1. The Morgan fingerprint density at radius 1 is 1.23 bits per heavy atom. The van der Waals surface area contributed by atoms with E-state index in [1.54, 1.807) is 53.3 Å². The Morgan fingerprint density at radius 2 is 2.08 bits per heavy atom. The van der Waals surface area contributed by atoms with Crippen molar-refractivity contribution in [2.24, 2.45) is 0 Å². The number of nitriles is 1. The SMILES string of the molecule is N#Cc1cccc(C(=O)NCCS(=O)(=O)Nc2ccn3nccc3c2)c1. The molecule has 0 saturated carbocycles. The number of aromatic nitrogens is 2. The van der Waals surface area contributed by atoms with E-state index in [9.17, 15) is 13.2 Å². The van der Waals surface area contributed by atoms with Crippen LogP contribution in [-0.2, 0) is 10.0 Å². The molecule has 8 nitrogen and oxygen atoms in total. The van der Waals surface area contributed by atoms with Gasteiger partial charge in [0.1, 0.15) is 0 Å². The minimum absolute atomic E-state index is 0.0557. The number of hydrogen-bond donors (Lipinski definition) is 2. The molecule has 2 N–H and O–H groups in total. The molecule has 2 aromatic heterocycles. The van der Waals surface area contributed by atoms with Crippen molar-refractivity contribution in [3.63, 3.8) is 0 Å². The van der Waals surface area contributed by atoms with Crippen molar-refractivity contribution in [3.05, 3.63) is 66.0 Å². The lowest BCUT2D eigenvalue weighted by Gasteiger charge is -2.09. The lowest BCUT2D eigenvalue weighted by Crippen LogP contribution is -2.31. The smallest absolute Gasteiger partial charge is 0.251 e. The van der Waals surface area contributed by atoms with Crippen molar-refractivity contribution in [1.82, 2.24) is 14.9 Å². The number of carbonyl (C=O) groups is 1. The highest BCUT2D eigenvalue weighted by molar-refractivity contribution is 7.92. The Bertz CT molecular complexity index is 1100. The largest absolute Gasteiger partial charge is 0.351 e. The summed E-state index contributed by atoms with van der Waals surface area (Å²) in [5.74, 6) is -0.709. The van der Waals surface area contributed by atoms with Gasteiger partial charge in [-0.25, -0.2) is 12.9 Å². The summed E-state index contributed by atoms with van der Waals surface area (Å²) in [6, 6.07) is 13.2. The fourth-order valence-corrected chi connectivity index (χ4v) is 3.31. The quantitative estimate of drug-likeness (QED) is 0.681. The maximum Gasteiger partial charge on any atom is 0.251 e. The highest BCUT2D eigenvalue weighted by atomic mass is 32.2. The van der Waals surface area contributed by atoms with E-state index >= 15 is 0 Å². The molecular weight excluding hydrogens is 354 g/mol. The number of pyridine rings is 1. The van der Waals surface area contributed by atoms with Gasteiger partial charge in [-0.3, -0.25) is 9.52 Å². The zero-order valence-corrected chi connectivity index (χ0v) is 14.4. The molecule has 0 atom stereocenters. The summed E-state index contributed by atoms with van der Waals surface area (Å²) in [5.41, 5.74) is 1.85. The first-order chi connectivity index (χ1) is 12.5. The summed E-state index contributed by atoms with van der Waals surface area (Å²) in [4.78, 5) is 12.0. The van der Waals surface area contributed by atoms with Crippen molar-refractivity contribution in [1.29, 1.82) is 5.26 Å². The molecule has 0 fully saturated rings. The molecule has 0 aliphatic heterocycles. The standard InChI is InChI=1S/C17H15N5O3S/c18-12-13-2-1-3-14(10-13)17(23)19-7-9-26(24,25)21-15-5-8-22-16(11-15)4-6-20-22/h1-6,8,10-11,21H,7,9H2,(H,19,23). The molecule has 0 bridgehead atoms. The van der Waals surface area contributed by atoms with Crippen LogP contribution in [0.3, 0.4) is 0 Å². The zero-order chi connectivity index (χ0) is 18.6. The molecule has 0 saturated heterocycles. The molecular formula is C17H15N5O3S. The summed E-state index contributed by atoms with van der Waals surface area (Å²) >= 11 is 0. The second-order valence-electron chi connectivity index (χ2n) is 5.49. The fourth-order valence-electron chi connectivity index (χ4n) is 2.35. The highest BCUT2D eigenvalue weighted by Crippen LogP contribution is 2.13. The number of fused-ring (bicyclic) bond motifs is 1. The number of benzene rings is 1. The van der Waals surface area contributed by atoms with Crippen LogP contribution in [0.4, 0.5) is 5.69 Å². The first-order valence-electron chi connectivity index (χ1n) is 7.69. The third-order valence-corrected chi connectivity index (χ3v) is 4.87. The lowest BCUT2D eigenvalue weighted by atomic mass is 10.1. The first kappa shape index (κ1) is 17.4. The van der Waals surface area contributed by atoms with Crippen LogP contribution in [0.5, 0.6) is 0 Å². The molecule has 1 amide bonds. The third kappa shape index (κ3) is 4.17. The van der Waals surface area contributed by atoms with E-state index in [1.165, 1.54) is 6.07 Å². The zero-order valence-electron chi connectivity index (χ0n) is 13.6. The summed E-state index contributed by atoms with van der Waals surface area (Å²) in [6.07, 6.45) is 3.27. The van der Waals surface area contributed by atoms with Crippen LogP contribution in [0.1, 0.15) is 15.9 Å². The van der Waals surface area contributed by atoms with Crippen molar-refractivity contribution < 1.29 is 13.2 Å². The van der Waals surface area contributed by atoms with E-state index in [-0.39, 0.29) is 12.3 Å². The number of hydrogen-bond acceptors (Lipinski definition) is 5. The highest BCUT2D eigenvalue weighted by Gasteiger charge is 2.13. The number of nitrogens with zero attached hydrogens (tertiary/aromatic N) is 3. The molecule has 26 heavy (non-hydrogen) atoms. The number of anilines is 1. The van der Waals surface area contributed by atoms with Gasteiger partial charge in [-0.1, -0.05) is 6.07 Å². The van der Waals surface area contributed by atoms with Gasteiger partial charge in [0.2, 0.25) is 10.0 Å². The molecule has 0 spiro atoms. The van der Waals surface area contributed by atoms with Crippen LogP contribution in [-0.4, -0.2) is 36.2 Å². The number of amides is 1. The predicted molar refractivity (Wildman–Crippen MR) is 96.1 cm³/mol. The molecule has 0 aliphatic carbocycles.